The predicted molar refractivity (Wildman–Crippen MR) is 58.1 cm³/mol. The number of hydrogen-bond donors (Lipinski definition) is 2. The van der Waals surface area contributed by atoms with E-state index in [0.29, 0.717) is 12.6 Å². The average molecular weight is 246 g/mol. The summed E-state index contributed by atoms with van der Waals surface area (Å²) in [5, 5.41) is 4.88. The molecule has 0 aliphatic carbocycles. The van der Waals surface area contributed by atoms with E-state index in [1.54, 1.807) is 0 Å². The van der Waals surface area contributed by atoms with E-state index in [9.17, 15) is 18.0 Å². The van der Waals surface area contributed by atoms with Crippen molar-refractivity contribution in [2.24, 2.45) is 0 Å². The second-order valence-electron chi connectivity index (χ2n) is 3.45. The zero-order valence-electron chi connectivity index (χ0n) is 9.32. The lowest BCUT2D eigenvalue weighted by Crippen LogP contribution is -2.30. The molecule has 2 N–H and O–H groups in total. The number of carbonyl (C=O) groups excluding carboxylic acids is 1. The molecule has 1 aromatic rings. The molecule has 0 bridgehead atoms. The van der Waals surface area contributed by atoms with Crippen LogP contribution in [0.1, 0.15) is 13.3 Å². The van der Waals surface area contributed by atoms with Crippen molar-refractivity contribution in [1.82, 2.24) is 5.32 Å². The van der Waals surface area contributed by atoms with Crippen LogP contribution in [0.3, 0.4) is 0 Å². The highest BCUT2D eigenvalue weighted by atomic mass is 19.2. The van der Waals surface area contributed by atoms with Crippen molar-refractivity contribution in [1.29, 1.82) is 0 Å². The van der Waals surface area contributed by atoms with E-state index in [2.05, 4.69) is 10.6 Å². The van der Waals surface area contributed by atoms with Crippen molar-refractivity contribution in [3.05, 3.63) is 29.6 Å². The van der Waals surface area contributed by atoms with Crippen molar-refractivity contribution in [2.45, 2.75) is 13.3 Å². The third-order valence-electron chi connectivity index (χ3n) is 2.00. The monoisotopic (exact) mass is 246 g/mol. The molecule has 0 saturated carbocycles. The summed E-state index contributed by atoms with van der Waals surface area (Å²) in [5.74, 6) is -3.76. The van der Waals surface area contributed by atoms with E-state index in [4.69, 9.17) is 0 Å². The molecule has 0 aromatic heterocycles. The number of halogens is 3. The summed E-state index contributed by atoms with van der Waals surface area (Å²) in [4.78, 5) is 11.2. The molecule has 1 amide bonds. The number of amides is 1. The van der Waals surface area contributed by atoms with Crippen LogP contribution in [0, 0.1) is 17.5 Å². The average Bonchev–Trinajstić information content (AvgIpc) is 2.29. The Kier molecular flexibility index (Phi) is 4.81. The number of benzene rings is 1. The van der Waals surface area contributed by atoms with Gasteiger partial charge in [-0.05, 0) is 6.42 Å². The first-order valence-corrected chi connectivity index (χ1v) is 5.19. The van der Waals surface area contributed by atoms with E-state index < -0.39 is 17.5 Å². The Morgan fingerprint density at radius 3 is 2.65 bits per heavy atom. The van der Waals surface area contributed by atoms with Crippen LogP contribution in [-0.2, 0) is 4.79 Å². The van der Waals surface area contributed by atoms with Gasteiger partial charge < -0.3 is 10.6 Å². The van der Waals surface area contributed by atoms with Gasteiger partial charge in [0.1, 0.15) is 5.82 Å². The molecule has 0 unspecified atom stereocenters. The summed E-state index contributed by atoms with van der Waals surface area (Å²) >= 11 is 0. The first-order valence-electron chi connectivity index (χ1n) is 5.19. The minimum absolute atomic E-state index is 0.236. The fourth-order valence-electron chi connectivity index (χ4n) is 1.19. The molecule has 1 aromatic carbocycles. The molecule has 0 saturated heterocycles. The van der Waals surface area contributed by atoms with Crippen LogP contribution in [0.25, 0.3) is 0 Å². The first kappa shape index (κ1) is 13.3. The summed E-state index contributed by atoms with van der Waals surface area (Å²) in [5.41, 5.74) is -0.367. The third-order valence-corrected chi connectivity index (χ3v) is 2.00. The van der Waals surface area contributed by atoms with Gasteiger partial charge in [0.25, 0.3) is 0 Å². The lowest BCUT2D eigenvalue weighted by molar-refractivity contribution is -0.119. The van der Waals surface area contributed by atoms with E-state index in [0.717, 1.165) is 12.5 Å². The molecule has 0 atom stereocenters. The Bertz CT molecular complexity index is 410. The maximum Gasteiger partial charge on any atom is 0.239 e. The van der Waals surface area contributed by atoms with Gasteiger partial charge in [0.05, 0.1) is 12.2 Å². The Morgan fingerprint density at radius 2 is 2.00 bits per heavy atom. The van der Waals surface area contributed by atoms with Crippen LogP contribution in [0.4, 0.5) is 18.9 Å². The number of carbonyl (C=O) groups is 1. The van der Waals surface area contributed by atoms with E-state index >= 15 is 0 Å². The quantitative estimate of drug-likeness (QED) is 0.781. The second-order valence-corrected chi connectivity index (χ2v) is 3.45. The van der Waals surface area contributed by atoms with Gasteiger partial charge in [-0.1, -0.05) is 6.92 Å². The largest absolute Gasteiger partial charge is 0.374 e. The molecule has 6 heteroatoms. The molecule has 0 fully saturated rings. The van der Waals surface area contributed by atoms with Crippen LogP contribution < -0.4 is 10.6 Å². The minimum Gasteiger partial charge on any atom is -0.374 e. The smallest absolute Gasteiger partial charge is 0.239 e. The molecular weight excluding hydrogens is 233 g/mol. The Labute approximate surface area is 97.0 Å². The van der Waals surface area contributed by atoms with E-state index in [1.165, 1.54) is 0 Å². The van der Waals surface area contributed by atoms with Crippen molar-refractivity contribution in [3.63, 3.8) is 0 Å². The highest BCUT2D eigenvalue weighted by Gasteiger charge is 2.11. The normalized spacial score (nSPS) is 10.1. The van der Waals surface area contributed by atoms with E-state index in [-0.39, 0.29) is 18.1 Å². The van der Waals surface area contributed by atoms with Crippen molar-refractivity contribution in [2.75, 3.05) is 18.4 Å². The number of rotatable bonds is 5. The molecular formula is C11H13F3N2O. The zero-order valence-corrected chi connectivity index (χ0v) is 9.32. The predicted octanol–water partition coefficient (Wildman–Crippen LogP) is 2.04. The van der Waals surface area contributed by atoms with Gasteiger partial charge >= 0.3 is 0 Å². The lowest BCUT2D eigenvalue weighted by atomic mass is 10.3. The topological polar surface area (TPSA) is 41.1 Å². The molecule has 0 spiro atoms. The standard InChI is InChI=1S/C11H13F3N2O/c1-2-3-15-10(17)6-16-9-5-7(12)4-8(13)11(9)14/h4-5,16H,2-3,6H2,1H3,(H,15,17). The maximum absolute atomic E-state index is 13.1. The van der Waals surface area contributed by atoms with Crippen molar-refractivity contribution < 1.29 is 18.0 Å². The van der Waals surface area contributed by atoms with Crippen LogP contribution in [0.15, 0.2) is 12.1 Å². The van der Waals surface area contributed by atoms with Gasteiger partial charge in [-0.25, -0.2) is 13.2 Å². The first-order chi connectivity index (χ1) is 8.04. The van der Waals surface area contributed by atoms with Crippen molar-refractivity contribution in [3.8, 4) is 0 Å². The van der Waals surface area contributed by atoms with E-state index in [1.807, 2.05) is 6.92 Å². The van der Waals surface area contributed by atoms with Crippen molar-refractivity contribution >= 4 is 11.6 Å². The third kappa shape index (κ3) is 3.97. The van der Waals surface area contributed by atoms with Crippen LogP contribution in [-0.4, -0.2) is 19.0 Å². The fourth-order valence-corrected chi connectivity index (χ4v) is 1.19. The van der Waals surface area contributed by atoms with Crippen LogP contribution >= 0.6 is 0 Å². The molecule has 0 aliphatic heterocycles. The molecule has 3 nitrogen and oxygen atoms in total. The molecule has 0 heterocycles. The molecule has 1 rings (SSSR count). The summed E-state index contributed by atoms with van der Waals surface area (Å²) in [6, 6.07) is 1.24. The molecule has 0 radical (unpaired) electrons. The van der Waals surface area contributed by atoms with Gasteiger partial charge in [0.15, 0.2) is 11.6 Å². The lowest BCUT2D eigenvalue weighted by Gasteiger charge is -2.08. The number of anilines is 1. The van der Waals surface area contributed by atoms with Gasteiger partial charge in [-0.3, -0.25) is 4.79 Å². The Morgan fingerprint density at radius 1 is 1.29 bits per heavy atom. The second kappa shape index (κ2) is 6.12. The highest BCUT2D eigenvalue weighted by Crippen LogP contribution is 2.18. The zero-order chi connectivity index (χ0) is 12.8. The van der Waals surface area contributed by atoms with Crippen LogP contribution in [0.2, 0.25) is 0 Å². The summed E-state index contributed by atoms with van der Waals surface area (Å²) < 4.78 is 38.7. The Balaban J connectivity index is 2.60. The number of nitrogens with one attached hydrogen (secondary N) is 2. The fraction of sp³-hybridized carbons (Fsp3) is 0.364. The van der Waals surface area contributed by atoms with Gasteiger partial charge in [-0.15, -0.1) is 0 Å². The van der Waals surface area contributed by atoms with Crippen LogP contribution in [0.5, 0.6) is 0 Å². The summed E-state index contributed by atoms with van der Waals surface area (Å²) in [7, 11) is 0. The number of hydrogen-bond acceptors (Lipinski definition) is 2. The summed E-state index contributed by atoms with van der Waals surface area (Å²) in [6.07, 6.45) is 0.773. The van der Waals surface area contributed by atoms with Gasteiger partial charge in [0, 0.05) is 18.7 Å². The highest BCUT2D eigenvalue weighted by molar-refractivity contribution is 5.80. The molecule has 94 valence electrons. The summed E-state index contributed by atoms with van der Waals surface area (Å²) in [6.45, 7) is 2.15. The maximum atomic E-state index is 13.1. The minimum atomic E-state index is -1.29. The van der Waals surface area contributed by atoms with Gasteiger partial charge in [0.2, 0.25) is 5.91 Å². The van der Waals surface area contributed by atoms with Gasteiger partial charge in [-0.2, -0.15) is 0 Å². The Hall–Kier alpha value is -1.72. The SMILES string of the molecule is CCCNC(=O)CNc1cc(F)cc(F)c1F. The molecule has 0 aliphatic rings. The molecule has 17 heavy (non-hydrogen) atoms.